The number of imidazole rings is 2. The van der Waals surface area contributed by atoms with E-state index in [9.17, 15) is 18.4 Å². The van der Waals surface area contributed by atoms with Crippen LogP contribution < -0.4 is 11.5 Å². The van der Waals surface area contributed by atoms with Crippen LogP contribution in [0.5, 0.6) is 0 Å². The van der Waals surface area contributed by atoms with E-state index in [0.29, 0.717) is 33.7 Å². The van der Waals surface area contributed by atoms with Crippen LogP contribution in [0.2, 0.25) is 0 Å². The van der Waals surface area contributed by atoms with Gasteiger partial charge in [-0.25, -0.2) is 28.3 Å². The number of fused-ring (bicyclic) bond motifs is 2. The molecule has 14 nitrogen and oxygen atoms in total. The number of aromatic nitrogens is 4. The number of carbonyl (C=O) groups is 2. The molecule has 0 bridgehead atoms. The summed E-state index contributed by atoms with van der Waals surface area (Å²) in [5.41, 5.74) is 17.7. The van der Waals surface area contributed by atoms with Crippen LogP contribution in [-0.4, -0.2) is 107 Å². The third kappa shape index (κ3) is 12.9. The standard InChI is InChI=1S/C52H56F2N8O6/c1-61-25-21-39(22-26-61)65-47(49-57-41-19-17-37(53)31-43(41)59-49)35-13-7-11-33(29-35)9-3-5-15-45(55)67-51(63)52(64)68-46(56)16-6-4-10-34-12-8-14-36(30-34)48(66-40-23-27-62(2)28-24-40)50-58-42-20-18-38(54)32-44(42)60-50/h7-8,11-14,17-20,29-32,39-40,45-48H,5-6,15-16,21-28,55-56H2,1-2H3,(H,57,59)(H,58,60). The number of benzene rings is 4. The van der Waals surface area contributed by atoms with Crippen molar-refractivity contribution in [1.82, 2.24) is 29.7 Å². The highest BCUT2D eigenvalue weighted by Crippen LogP contribution is 2.32. The maximum Gasteiger partial charge on any atom is 0.419 e. The molecule has 0 aliphatic carbocycles. The van der Waals surface area contributed by atoms with Gasteiger partial charge in [-0.05, 0) is 99.4 Å². The Morgan fingerprint density at radius 1 is 0.647 bits per heavy atom. The van der Waals surface area contributed by atoms with E-state index < -0.39 is 36.6 Å². The number of hydrogen-bond donors (Lipinski definition) is 4. The Kier molecular flexibility index (Phi) is 15.9. The monoisotopic (exact) mass is 926 g/mol. The van der Waals surface area contributed by atoms with E-state index >= 15 is 0 Å². The fourth-order valence-corrected chi connectivity index (χ4v) is 8.28. The Morgan fingerprint density at radius 3 is 1.47 bits per heavy atom. The van der Waals surface area contributed by atoms with Crippen molar-refractivity contribution in [2.45, 2.75) is 88.2 Å². The maximum atomic E-state index is 14.0. The van der Waals surface area contributed by atoms with Crippen molar-refractivity contribution in [2.75, 3.05) is 40.3 Å². The van der Waals surface area contributed by atoms with Crippen molar-refractivity contribution in [3.05, 3.63) is 130 Å². The summed E-state index contributed by atoms with van der Waals surface area (Å²) in [6, 6.07) is 24.2. The summed E-state index contributed by atoms with van der Waals surface area (Å²) in [7, 11) is 4.18. The molecule has 0 radical (unpaired) electrons. The number of rotatable bonds is 14. The van der Waals surface area contributed by atoms with Gasteiger partial charge in [-0.15, -0.1) is 0 Å². The van der Waals surface area contributed by atoms with Crippen LogP contribution in [0.3, 0.4) is 0 Å². The van der Waals surface area contributed by atoms with Gasteiger partial charge in [-0.1, -0.05) is 47.9 Å². The summed E-state index contributed by atoms with van der Waals surface area (Å²) in [6.45, 7) is 3.69. The fraction of sp³-hybridized carbons (Fsp3) is 0.385. The van der Waals surface area contributed by atoms with Gasteiger partial charge in [0.15, 0.2) is 12.5 Å². The Bertz CT molecular complexity index is 2640. The van der Waals surface area contributed by atoms with Crippen molar-refractivity contribution in [3.63, 3.8) is 0 Å². The molecule has 2 aromatic heterocycles. The average Bonchev–Trinajstić information content (AvgIpc) is 3.95. The Labute approximate surface area is 394 Å². The molecule has 354 valence electrons. The van der Waals surface area contributed by atoms with Gasteiger partial charge in [0, 0.05) is 75.1 Å². The zero-order chi connectivity index (χ0) is 47.6. The number of aromatic amines is 2. The number of halogens is 2. The van der Waals surface area contributed by atoms with Crippen LogP contribution in [0, 0.1) is 35.3 Å². The van der Waals surface area contributed by atoms with Gasteiger partial charge in [0.25, 0.3) is 0 Å². The molecule has 4 aromatic carbocycles. The second-order valence-corrected chi connectivity index (χ2v) is 17.4. The summed E-state index contributed by atoms with van der Waals surface area (Å²) in [6.07, 6.45) is 1.12. The van der Waals surface area contributed by atoms with Crippen molar-refractivity contribution in [1.29, 1.82) is 0 Å². The molecule has 0 saturated carbocycles. The molecule has 4 atom stereocenters. The second-order valence-electron chi connectivity index (χ2n) is 17.4. The highest BCUT2D eigenvalue weighted by molar-refractivity contribution is 6.29. The molecular weight excluding hydrogens is 871 g/mol. The van der Waals surface area contributed by atoms with Gasteiger partial charge >= 0.3 is 11.9 Å². The quantitative estimate of drug-likeness (QED) is 0.0391. The smallest absolute Gasteiger partial charge is 0.419 e. The van der Waals surface area contributed by atoms with Gasteiger partial charge in [0.05, 0.1) is 34.3 Å². The fourth-order valence-electron chi connectivity index (χ4n) is 8.28. The average molecular weight is 927 g/mol. The minimum absolute atomic E-state index is 0.0180. The number of H-pyrrole nitrogens is 2. The van der Waals surface area contributed by atoms with Crippen LogP contribution in [0.4, 0.5) is 8.78 Å². The first-order valence-corrected chi connectivity index (χ1v) is 23.0. The number of likely N-dealkylation sites (tertiary alicyclic amines) is 2. The molecule has 4 heterocycles. The van der Waals surface area contributed by atoms with Crippen LogP contribution >= 0.6 is 0 Å². The second kappa shape index (κ2) is 22.5. The lowest BCUT2D eigenvalue weighted by Gasteiger charge is -2.31. The number of nitrogens with one attached hydrogen (secondary N) is 2. The summed E-state index contributed by atoms with van der Waals surface area (Å²) in [5, 5.41) is 0. The number of carbonyl (C=O) groups excluding carboxylic acids is 2. The van der Waals surface area contributed by atoms with Crippen LogP contribution in [0.25, 0.3) is 22.1 Å². The molecule has 0 amide bonds. The third-order valence-corrected chi connectivity index (χ3v) is 12.0. The molecule has 16 heteroatoms. The first-order valence-electron chi connectivity index (χ1n) is 23.0. The van der Waals surface area contributed by atoms with Gasteiger partial charge in [-0.3, -0.25) is 11.5 Å². The van der Waals surface area contributed by atoms with E-state index in [1.165, 1.54) is 24.3 Å². The SMILES string of the molecule is CN1CCC(OC(c2cccc(C#CCCC(N)OC(=O)C(=O)OC(N)CCC#Cc3cccc(C(OC4CCN(C)CC4)c4nc5cc(F)ccc5[nH]4)c3)c2)c2nc3cc(F)ccc3[nH]2)CC1. The van der Waals surface area contributed by atoms with Crippen molar-refractivity contribution in [3.8, 4) is 23.7 Å². The molecule has 2 aliphatic heterocycles. The van der Waals surface area contributed by atoms with Crippen LogP contribution in [0.1, 0.15) is 97.5 Å². The lowest BCUT2D eigenvalue weighted by molar-refractivity contribution is -0.174. The third-order valence-electron chi connectivity index (χ3n) is 12.0. The van der Waals surface area contributed by atoms with Gasteiger partial charge in [-0.2, -0.15) is 0 Å². The van der Waals surface area contributed by atoms with Crippen LogP contribution in [0.15, 0.2) is 84.9 Å². The van der Waals surface area contributed by atoms with Gasteiger partial charge < -0.3 is 38.7 Å². The Hall–Kier alpha value is -6.50. The Balaban J connectivity index is 0.808. The van der Waals surface area contributed by atoms with E-state index in [2.05, 4.69) is 67.5 Å². The first kappa shape index (κ1) is 48.0. The van der Waals surface area contributed by atoms with Crippen molar-refractivity contribution < 1.29 is 37.3 Å². The lowest BCUT2D eigenvalue weighted by atomic mass is 10.0. The molecule has 6 N–H and O–H groups in total. The zero-order valence-corrected chi connectivity index (χ0v) is 38.2. The van der Waals surface area contributed by atoms with E-state index in [4.69, 9.17) is 30.4 Å². The minimum Gasteiger partial charge on any atom is -0.438 e. The van der Waals surface area contributed by atoms with Gasteiger partial charge in [0.2, 0.25) is 0 Å². The highest BCUT2D eigenvalue weighted by atomic mass is 19.1. The molecule has 2 fully saturated rings. The molecule has 68 heavy (non-hydrogen) atoms. The molecule has 4 unspecified atom stereocenters. The number of piperidine rings is 2. The molecule has 8 rings (SSSR count). The maximum absolute atomic E-state index is 14.0. The molecule has 6 aromatic rings. The largest absolute Gasteiger partial charge is 0.438 e. The van der Waals surface area contributed by atoms with E-state index in [-0.39, 0.29) is 49.5 Å². The summed E-state index contributed by atoms with van der Waals surface area (Å²) in [5.74, 6) is 10.3. The van der Waals surface area contributed by atoms with E-state index in [1.54, 1.807) is 12.1 Å². The summed E-state index contributed by atoms with van der Waals surface area (Å²) >= 11 is 0. The molecule has 2 saturated heterocycles. The van der Waals surface area contributed by atoms with E-state index in [1.807, 2.05) is 48.5 Å². The number of esters is 2. The number of nitrogens with zero attached hydrogens (tertiary/aromatic N) is 4. The zero-order valence-electron chi connectivity index (χ0n) is 38.2. The lowest BCUT2D eigenvalue weighted by Crippen LogP contribution is -2.35. The van der Waals surface area contributed by atoms with Crippen molar-refractivity contribution in [2.24, 2.45) is 11.5 Å². The summed E-state index contributed by atoms with van der Waals surface area (Å²) in [4.78, 5) is 45.6. The van der Waals surface area contributed by atoms with Crippen molar-refractivity contribution >= 4 is 34.0 Å². The van der Waals surface area contributed by atoms with E-state index in [0.717, 1.165) is 74.1 Å². The highest BCUT2D eigenvalue weighted by Gasteiger charge is 2.28. The predicted octanol–water partition coefficient (Wildman–Crippen LogP) is 6.74. The topological polar surface area (TPSA) is 187 Å². The number of nitrogens with two attached hydrogens (primary N) is 2. The van der Waals surface area contributed by atoms with Crippen LogP contribution in [-0.2, 0) is 28.5 Å². The predicted molar refractivity (Wildman–Crippen MR) is 252 cm³/mol. The number of hydrogen-bond acceptors (Lipinski definition) is 12. The molecular formula is C52H56F2N8O6. The minimum atomic E-state index is -1.26. The summed E-state index contributed by atoms with van der Waals surface area (Å²) < 4.78 is 51.6. The first-order chi connectivity index (χ1) is 32.9. The molecule has 0 spiro atoms. The van der Waals surface area contributed by atoms with Gasteiger partial charge in [0.1, 0.15) is 35.5 Å². The number of ether oxygens (including phenoxy) is 4. The Morgan fingerprint density at radius 2 is 1.06 bits per heavy atom. The molecule has 2 aliphatic rings. The normalized spacial score (nSPS) is 16.9.